The molecule has 3 heteroatoms. The Morgan fingerprint density at radius 3 is 2.07 bits per heavy atom. The molecule has 0 aliphatic heterocycles. The van der Waals surface area contributed by atoms with Crippen molar-refractivity contribution in [1.82, 2.24) is 0 Å². The first-order valence-corrected chi connectivity index (χ1v) is 7.28. The van der Waals surface area contributed by atoms with Crippen LogP contribution < -0.4 is 5.73 Å². The Bertz CT molecular complexity index is 199. The third-order valence-electron chi connectivity index (χ3n) is 2.50. The average Bonchev–Trinajstić information content (AvgIpc) is 2.11. The Labute approximate surface area is 89.0 Å². The highest BCUT2D eigenvalue weighted by Crippen LogP contribution is 2.28. The van der Waals surface area contributed by atoms with Gasteiger partial charge in [0.2, 0.25) is 8.32 Å². The van der Waals surface area contributed by atoms with Gasteiger partial charge >= 0.3 is 0 Å². The van der Waals surface area contributed by atoms with E-state index in [2.05, 4.69) is 13.2 Å². The standard InChI is InChI=1S/C11H23NOSi/c1-6-13-14(10(2)3,11(4)5)9-7-8-12/h2,4,6-9,12H2,1,3,5H3. The highest BCUT2D eigenvalue weighted by atomic mass is 28.4. The smallest absolute Gasteiger partial charge is 0.246 e. The second-order valence-corrected chi connectivity index (χ2v) is 7.86. The zero-order chi connectivity index (χ0) is 11.2. The molecule has 0 bridgehead atoms. The Balaban J connectivity index is 4.75. The minimum absolute atomic E-state index is 0.711. The van der Waals surface area contributed by atoms with Crippen LogP contribution >= 0.6 is 0 Å². The van der Waals surface area contributed by atoms with Gasteiger partial charge < -0.3 is 10.2 Å². The van der Waals surface area contributed by atoms with Gasteiger partial charge in [-0.2, -0.15) is 0 Å². The molecule has 14 heavy (non-hydrogen) atoms. The number of hydrogen-bond donors (Lipinski definition) is 1. The first-order valence-electron chi connectivity index (χ1n) is 5.17. The van der Waals surface area contributed by atoms with Gasteiger partial charge in [-0.15, -0.1) is 13.2 Å². The first-order chi connectivity index (χ1) is 6.51. The third-order valence-corrected chi connectivity index (χ3v) is 7.10. The van der Waals surface area contributed by atoms with E-state index in [0.29, 0.717) is 6.54 Å². The topological polar surface area (TPSA) is 35.2 Å². The van der Waals surface area contributed by atoms with Crippen molar-refractivity contribution in [3.63, 3.8) is 0 Å². The minimum atomic E-state index is -1.94. The van der Waals surface area contributed by atoms with E-state index < -0.39 is 8.32 Å². The molecule has 0 aromatic carbocycles. The third kappa shape index (κ3) is 3.08. The molecule has 82 valence electrons. The fourth-order valence-electron chi connectivity index (χ4n) is 1.71. The second-order valence-electron chi connectivity index (χ2n) is 3.71. The lowest BCUT2D eigenvalue weighted by Gasteiger charge is -2.32. The van der Waals surface area contributed by atoms with Gasteiger partial charge in [0.25, 0.3) is 0 Å². The van der Waals surface area contributed by atoms with E-state index in [-0.39, 0.29) is 0 Å². The molecule has 0 saturated heterocycles. The maximum atomic E-state index is 5.94. The number of rotatable bonds is 7. The summed E-state index contributed by atoms with van der Waals surface area (Å²) in [5.74, 6) is 0. The van der Waals surface area contributed by atoms with Gasteiger partial charge in [-0.05, 0) is 39.8 Å². The van der Waals surface area contributed by atoms with Crippen molar-refractivity contribution in [2.24, 2.45) is 5.73 Å². The van der Waals surface area contributed by atoms with E-state index in [1.165, 1.54) is 0 Å². The molecular weight excluding hydrogens is 190 g/mol. The van der Waals surface area contributed by atoms with Crippen LogP contribution in [0.3, 0.4) is 0 Å². The summed E-state index contributed by atoms with van der Waals surface area (Å²) in [6.45, 7) is 15.7. The summed E-state index contributed by atoms with van der Waals surface area (Å²) < 4.78 is 5.94. The first kappa shape index (κ1) is 13.6. The van der Waals surface area contributed by atoms with Crippen molar-refractivity contribution < 1.29 is 4.43 Å². The van der Waals surface area contributed by atoms with Gasteiger partial charge in [-0.3, -0.25) is 0 Å². The molecule has 0 aliphatic rings. The molecule has 0 rings (SSSR count). The molecule has 0 aromatic heterocycles. The van der Waals surface area contributed by atoms with Gasteiger partial charge in [0.15, 0.2) is 0 Å². The van der Waals surface area contributed by atoms with Crippen LogP contribution in [0.4, 0.5) is 0 Å². The molecule has 2 N–H and O–H groups in total. The van der Waals surface area contributed by atoms with Crippen LogP contribution in [-0.4, -0.2) is 21.5 Å². The molecule has 0 fully saturated rings. The minimum Gasteiger partial charge on any atom is -0.409 e. The molecule has 0 amide bonds. The normalized spacial score (nSPS) is 11.4. The summed E-state index contributed by atoms with van der Waals surface area (Å²) in [5.41, 5.74) is 5.54. The quantitative estimate of drug-likeness (QED) is 0.660. The molecule has 0 radical (unpaired) electrons. The van der Waals surface area contributed by atoms with Gasteiger partial charge in [0.1, 0.15) is 0 Å². The zero-order valence-electron chi connectivity index (χ0n) is 9.73. The number of nitrogens with two attached hydrogens (primary N) is 1. The summed E-state index contributed by atoms with van der Waals surface area (Å²) >= 11 is 0. The van der Waals surface area contributed by atoms with E-state index in [0.717, 1.165) is 29.5 Å². The molecule has 0 saturated carbocycles. The van der Waals surface area contributed by atoms with Crippen LogP contribution in [-0.2, 0) is 4.43 Å². The van der Waals surface area contributed by atoms with Crippen molar-refractivity contribution in [3.05, 3.63) is 23.6 Å². The van der Waals surface area contributed by atoms with Crippen LogP contribution in [0.5, 0.6) is 0 Å². The van der Waals surface area contributed by atoms with Crippen molar-refractivity contribution in [1.29, 1.82) is 0 Å². The summed E-state index contributed by atoms with van der Waals surface area (Å²) in [4.78, 5) is 0. The predicted octanol–water partition coefficient (Wildman–Crippen LogP) is 2.55. The molecule has 0 aromatic rings. The Morgan fingerprint density at radius 2 is 1.79 bits per heavy atom. The molecule has 0 aliphatic carbocycles. The van der Waals surface area contributed by atoms with Crippen molar-refractivity contribution in [2.45, 2.75) is 33.2 Å². The van der Waals surface area contributed by atoms with Gasteiger partial charge in [-0.1, -0.05) is 10.4 Å². The van der Waals surface area contributed by atoms with Crippen LogP contribution in [0, 0.1) is 0 Å². The van der Waals surface area contributed by atoms with Crippen LogP contribution in [0.2, 0.25) is 6.04 Å². The predicted molar refractivity (Wildman–Crippen MR) is 65.5 cm³/mol. The monoisotopic (exact) mass is 213 g/mol. The maximum Gasteiger partial charge on any atom is 0.246 e. The van der Waals surface area contributed by atoms with Crippen LogP contribution in [0.15, 0.2) is 23.6 Å². The Morgan fingerprint density at radius 1 is 1.29 bits per heavy atom. The van der Waals surface area contributed by atoms with Gasteiger partial charge in [-0.25, -0.2) is 0 Å². The molecular formula is C11H23NOSi. The average molecular weight is 213 g/mol. The van der Waals surface area contributed by atoms with E-state index in [4.69, 9.17) is 10.2 Å². The van der Waals surface area contributed by atoms with Gasteiger partial charge in [0, 0.05) is 6.61 Å². The molecule has 0 atom stereocenters. The van der Waals surface area contributed by atoms with Crippen molar-refractivity contribution in [2.75, 3.05) is 13.2 Å². The lowest BCUT2D eigenvalue weighted by atomic mass is 10.5. The van der Waals surface area contributed by atoms with Gasteiger partial charge in [0.05, 0.1) is 0 Å². The summed E-state index contributed by atoms with van der Waals surface area (Å²) in [6.07, 6.45) is 0.992. The lowest BCUT2D eigenvalue weighted by molar-refractivity contribution is 0.331. The fourth-order valence-corrected chi connectivity index (χ4v) is 5.12. The lowest BCUT2D eigenvalue weighted by Crippen LogP contribution is -2.42. The van der Waals surface area contributed by atoms with E-state index in [1.807, 2.05) is 20.8 Å². The fraction of sp³-hybridized carbons (Fsp3) is 0.636. The number of allylic oxidation sites excluding steroid dienone is 2. The Kier molecular flexibility index (Phi) is 6.00. The Hall–Kier alpha value is -0.383. The summed E-state index contributed by atoms with van der Waals surface area (Å²) in [5, 5.41) is 2.31. The van der Waals surface area contributed by atoms with Crippen LogP contribution in [0.1, 0.15) is 27.2 Å². The van der Waals surface area contributed by atoms with E-state index in [9.17, 15) is 0 Å². The van der Waals surface area contributed by atoms with E-state index in [1.54, 1.807) is 0 Å². The highest BCUT2D eigenvalue weighted by Gasteiger charge is 2.36. The second kappa shape index (κ2) is 6.17. The largest absolute Gasteiger partial charge is 0.409 e. The molecule has 0 unspecified atom stereocenters. The van der Waals surface area contributed by atoms with Crippen molar-refractivity contribution >= 4 is 8.32 Å². The molecule has 0 heterocycles. The SMILES string of the molecule is C=C(C)[Si](CCCN)(OCC)C(=C)C. The van der Waals surface area contributed by atoms with Crippen LogP contribution in [0.25, 0.3) is 0 Å². The maximum absolute atomic E-state index is 5.94. The molecule has 0 spiro atoms. The zero-order valence-corrected chi connectivity index (χ0v) is 10.7. The number of hydrogen-bond acceptors (Lipinski definition) is 2. The van der Waals surface area contributed by atoms with E-state index >= 15 is 0 Å². The molecule has 2 nitrogen and oxygen atoms in total. The summed E-state index contributed by atoms with van der Waals surface area (Å²) in [6, 6.07) is 1.02. The van der Waals surface area contributed by atoms with Crippen molar-refractivity contribution in [3.8, 4) is 0 Å². The summed E-state index contributed by atoms with van der Waals surface area (Å²) in [7, 11) is -1.94. The highest BCUT2D eigenvalue weighted by molar-refractivity contribution is 6.86.